The van der Waals surface area contributed by atoms with Crippen molar-refractivity contribution in [3.63, 3.8) is 0 Å². The summed E-state index contributed by atoms with van der Waals surface area (Å²) in [6.45, 7) is 1.43. The number of nitrogens with one attached hydrogen (secondary N) is 1. The molecule has 1 unspecified atom stereocenters. The van der Waals surface area contributed by atoms with E-state index in [0.717, 1.165) is 5.69 Å². The van der Waals surface area contributed by atoms with Gasteiger partial charge in [-0.15, -0.1) is 0 Å². The summed E-state index contributed by atoms with van der Waals surface area (Å²) in [7, 11) is -6.50. The summed E-state index contributed by atoms with van der Waals surface area (Å²) in [4.78, 5) is 2.42. The van der Waals surface area contributed by atoms with Crippen molar-refractivity contribution in [3.8, 4) is 5.69 Å². The molecule has 2 aliphatic heterocycles. The quantitative estimate of drug-likeness (QED) is 0.762. The molecule has 2 saturated heterocycles. The van der Waals surface area contributed by atoms with Gasteiger partial charge in [-0.2, -0.15) is 5.10 Å². The van der Waals surface area contributed by atoms with E-state index >= 15 is 0 Å². The van der Waals surface area contributed by atoms with Gasteiger partial charge in [-0.25, -0.2) is 26.2 Å². The van der Waals surface area contributed by atoms with Gasteiger partial charge in [0.2, 0.25) is 10.0 Å². The summed E-state index contributed by atoms with van der Waals surface area (Å²) < 4.78 is 53.2. The maximum absolute atomic E-state index is 12.7. The van der Waals surface area contributed by atoms with Crippen molar-refractivity contribution < 1.29 is 16.8 Å². The van der Waals surface area contributed by atoms with Gasteiger partial charge in [-0.1, -0.05) is 0 Å². The smallest absolute Gasteiger partial charge is 0.240 e. The molecule has 0 saturated carbocycles. The Labute approximate surface area is 165 Å². The van der Waals surface area contributed by atoms with Gasteiger partial charge in [0.05, 0.1) is 22.1 Å². The van der Waals surface area contributed by atoms with Crippen LogP contribution in [0.15, 0.2) is 47.6 Å². The summed E-state index contributed by atoms with van der Waals surface area (Å²) in [5, 5.41) is 4.13. The van der Waals surface area contributed by atoms with Crippen molar-refractivity contribution in [2.75, 3.05) is 24.6 Å². The highest BCUT2D eigenvalue weighted by molar-refractivity contribution is 7.91. The lowest BCUT2D eigenvalue weighted by atomic mass is 10.0. The van der Waals surface area contributed by atoms with E-state index in [-0.39, 0.29) is 28.5 Å². The van der Waals surface area contributed by atoms with Crippen molar-refractivity contribution in [1.29, 1.82) is 0 Å². The molecule has 152 valence electrons. The Bertz CT molecular complexity index is 1010. The van der Waals surface area contributed by atoms with Crippen LogP contribution >= 0.6 is 0 Å². The second-order valence-corrected chi connectivity index (χ2v) is 11.4. The molecule has 0 amide bonds. The predicted octanol–water partition coefficient (Wildman–Crippen LogP) is 0.802. The molecule has 4 rings (SSSR count). The molecule has 0 radical (unpaired) electrons. The lowest BCUT2D eigenvalue weighted by Crippen LogP contribution is -2.48. The Kier molecular flexibility index (Phi) is 5.30. The van der Waals surface area contributed by atoms with E-state index < -0.39 is 19.9 Å². The summed E-state index contributed by atoms with van der Waals surface area (Å²) >= 11 is 0. The van der Waals surface area contributed by atoms with Gasteiger partial charge in [-0.3, -0.25) is 4.90 Å². The van der Waals surface area contributed by atoms with Crippen LogP contribution in [0, 0.1) is 0 Å². The second kappa shape index (κ2) is 7.58. The van der Waals surface area contributed by atoms with Crippen LogP contribution in [0.5, 0.6) is 0 Å². The Hall–Kier alpha value is -1.75. The number of hydrogen-bond acceptors (Lipinski definition) is 6. The first-order chi connectivity index (χ1) is 13.3. The lowest BCUT2D eigenvalue weighted by Gasteiger charge is -2.35. The minimum atomic E-state index is -3.59. The van der Waals surface area contributed by atoms with E-state index in [1.807, 2.05) is 0 Å². The van der Waals surface area contributed by atoms with Crippen molar-refractivity contribution in [3.05, 3.63) is 42.7 Å². The fourth-order valence-electron chi connectivity index (χ4n) is 3.93. The molecule has 3 heterocycles. The molecular formula is C18H24N4O4S2. The van der Waals surface area contributed by atoms with Crippen LogP contribution in [0.4, 0.5) is 0 Å². The van der Waals surface area contributed by atoms with E-state index in [1.165, 1.54) is 0 Å². The van der Waals surface area contributed by atoms with Gasteiger partial charge in [0.1, 0.15) is 0 Å². The van der Waals surface area contributed by atoms with Gasteiger partial charge in [0.15, 0.2) is 9.84 Å². The van der Waals surface area contributed by atoms with Crippen LogP contribution in [-0.4, -0.2) is 68.2 Å². The van der Waals surface area contributed by atoms with Crippen LogP contribution < -0.4 is 4.72 Å². The van der Waals surface area contributed by atoms with Crippen LogP contribution in [0.1, 0.15) is 19.3 Å². The third kappa shape index (κ3) is 4.29. The Morgan fingerprint density at radius 3 is 2.36 bits per heavy atom. The summed E-state index contributed by atoms with van der Waals surface area (Å²) in [5.41, 5.74) is 0.795. The first kappa shape index (κ1) is 19.6. The largest absolute Gasteiger partial charge is 0.299 e. The highest BCUT2D eigenvalue weighted by atomic mass is 32.2. The van der Waals surface area contributed by atoms with Gasteiger partial charge in [0, 0.05) is 24.5 Å². The maximum atomic E-state index is 12.7. The molecule has 2 fully saturated rings. The number of piperidine rings is 1. The number of nitrogens with zero attached hydrogens (tertiary/aromatic N) is 3. The van der Waals surface area contributed by atoms with Crippen molar-refractivity contribution in [2.45, 2.75) is 36.2 Å². The van der Waals surface area contributed by atoms with E-state index in [9.17, 15) is 16.8 Å². The standard InChI is InChI=1S/C18H24N4O4S2/c23-27(24)13-8-17(14-27)21-11-6-15(7-12-21)20-28(25,26)18-4-2-16(3-5-18)22-10-1-9-19-22/h1-5,9-10,15,17,20H,6-8,11-14H2. The first-order valence-electron chi connectivity index (χ1n) is 9.39. The zero-order valence-electron chi connectivity index (χ0n) is 15.4. The molecule has 1 aromatic carbocycles. The van der Waals surface area contributed by atoms with E-state index in [4.69, 9.17) is 0 Å². The Morgan fingerprint density at radius 2 is 1.79 bits per heavy atom. The predicted molar refractivity (Wildman–Crippen MR) is 106 cm³/mol. The summed E-state index contributed by atoms with van der Waals surface area (Å²) in [6.07, 6.45) is 5.51. The minimum absolute atomic E-state index is 0.0809. The Balaban J connectivity index is 1.35. The molecule has 2 aliphatic rings. The van der Waals surface area contributed by atoms with Gasteiger partial charge < -0.3 is 0 Å². The molecule has 1 atom stereocenters. The van der Waals surface area contributed by atoms with Crippen LogP contribution in [-0.2, 0) is 19.9 Å². The van der Waals surface area contributed by atoms with Gasteiger partial charge in [0.25, 0.3) is 0 Å². The third-order valence-corrected chi connectivity index (χ3v) is 8.78. The zero-order valence-corrected chi connectivity index (χ0v) is 17.1. The van der Waals surface area contributed by atoms with Crippen LogP contribution in [0.25, 0.3) is 5.69 Å². The molecule has 1 aromatic heterocycles. The monoisotopic (exact) mass is 424 g/mol. The molecule has 2 aromatic rings. The van der Waals surface area contributed by atoms with E-state index in [0.29, 0.717) is 32.4 Å². The molecule has 1 N–H and O–H groups in total. The normalized spacial score (nSPS) is 23.8. The number of sulfone groups is 1. The number of likely N-dealkylation sites (tertiary alicyclic amines) is 1. The third-order valence-electron chi connectivity index (χ3n) is 5.49. The van der Waals surface area contributed by atoms with Crippen molar-refractivity contribution in [1.82, 2.24) is 19.4 Å². The fourth-order valence-corrected chi connectivity index (χ4v) is 7.00. The van der Waals surface area contributed by atoms with Crippen molar-refractivity contribution in [2.24, 2.45) is 0 Å². The van der Waals surface area contributed by atoms with Crippen LogP contribution in [0.3, 0.4) is 0 Å². The topological polar surface area (TPSA) is 101 Å². The highest BCUT2D eigenvalue weighted by Crippen LogP contribution is 2.23. The average Bonchev–Trinajstić information content (AvgIpc) is 3.32. The second-order valence-electron chi connectivity index (χ2n) is 7.43. The zero-order chi connectivity index (χ0) is 19.8. The van der Waals surface area contributed by atoms with Crippen molar-refractivity contribution >= 4 is 19.9 Å². The summed E-state index contributed by atoms with van der Waals surface area (Å²) in [5.74, 6) is 0.491. The van der Waals surface area contributed by atoms with Gasteiger partial charge >= 0.3 is 0 Å². The van der Waals surface area contributed by atoms with Gasteiger partial charge in [-0.05, 0) is 62.7 Å². The fraction of sp³-hybridized carbons (Fsp3) is 0.500. The van der Waals surface area contributed by atoms with E-state index in [2.05, 4.69) is 14.7 Å². The molecule has 0 aliphatic carbocycles. The maximum Gasteiger partial charge on any atom is 0.240 e. The first-order valence-corrected chi connectivity index (χ1v) is 12.7. The molecule has 10 heteroatoms. The molecule has 0 bridgehead atoms. The van der Waals surface area contributed by atoms with Crippen LogP contribution in [0.2, 0.25) is 0 Å². The number of aromatic nitrogens is 2. The number of benzene rings is 1. The SMILES string of the molecule is O=S1(=O)CCC(N2CCC(NS(=O)(=O)c3ccc(-n4cccn4)cc3)CC2)C1. The molecule has 28 heavy (non-hydrogen) atoms. The lowest BCUT2D eigenvalue weighted by molar-refractivity contribution is 0.161. The highest BCUT2D eigenvalue weighted by Gasteiger charge is 2.34. The molecule has 8 nitrogen and oxygen atoms in total. The average molecular weight is 425 g/mol. The van der Waals surface area contributed by atoms with E-state index in [1.54, 1.807) is 47.4 Å². The molecule has 0 spiro atoms. The molecular weight excluding hydrogens is 400 g/mol. The number of hydrogen-bond donors (Lipinski definition) is 1. The minimum Gasteiger partial charge on any atom is -0.299 e. The number of sulfonamides is 1. The Morgan fingerprint density at radius 1 is 1.07 bits per heavy atom. The summed E-state index contributed by atoms with van der Waals surface area (Å²) in [6, 6.07) is 8.37. The number of rotatable bonds is 5.